The number of hydrogen-bond acceptors (Lipinski definition) is 2. The van der Waals surface area contributed by atoms with Crippen molar-refractivity contribution in [3.8, 4) is 0 Å². The van der Waals surface area contributed by atoms with Crippen molar-refractivity contribution in [2.45, 2.75) is 0 Å². The molecule has 0 aromatic heterocycles. The van der Waals surface area contributed by atoms with Gasteiger partial charge >= 0.3 is 0 Å². The van der Waals surface area contributed by atoms with E-state index < -0.39 is 29.0 Å². The summed E-state index contributed by atoms with van der Waals surface area (Å²) in [5.74, 6) is -3.74. The van der Waals surface area contributed by atoms with Crippen molar-refractivity contribution in [2.24, 2.45) is 5.73 Å². The number of rotatable bonds is 3. The van der Waals surface area contributed by atoms with E-state index >= 15 is 0 Å². The van der Waals surface area contributed by atoms with E-state index in [1.165, 1.54) is 0 Å². The summed E-state index contributed by atoms with van der Waals surface area (Å²) in [5, 5.41) is 2.23. The monoisotopic (exact) mass is 300 g/mol. The van der Waals surface area contributed by atoms with Crippen LogP contribution < -0.4 is 11.1 Å². The minimum atomic E-state index is -0.989. The first kappa shape index (κ1) is 14.3. The number of halogens is 4. The largest absolute Gasteiger partial charge is 0.389 e. The van der Waals surface area contributed by atoms with Gasteiger partial charge in [0.15, 0.2) is 0 Å². The second-order valence-electron chi connectivity index (χ2n) is 3.93. The van der Waals surface area contributed by atoms with Gasteiger partial charge in [0.05, 0.1) is 5.69 Å². The Bertz CT molecular complexity index is 665. The van der Waals surface area contributed by atoms with Crippen LogP contribution in [-0.2, 0) is 0 Å². The summed E-state index contributed by atoms with van der Waals surface area (Å²) in [6.45, 7) is 0. The fraction of sp³-hybridized carbons (Fsp3) is 0. The van der Waals surface area contributed by atoms with Crippen LogP contribution in [0, 0.1) is 23.3 Å². The summed E-state index contributed by atoms with van der Waals surface area (Å²) in [6.07, 6.45) is 0. The molecule has 2 rings (SSSR count). The molecule has 0 aliphatic carbocycles. The predicted octanol–water partition coefficient (Wildman–Crippen LogP) is 3.62. The predicted molar refractivity (Wildman–Crippen MR) is 71.9 cm³/mol. The molecule has 20 heavy (non-hydrogen) atoms. The Labute approximate surface area is 117 Å². The SMILES string of the molecule is NC(=S)c1cc(F)c(Nc2ccc(F)cc2F)c(F)c1. The zero-order valence-electron chi connectivity index (χ0n) is 9.88. The van der Waals surface area contributed by atoms with Crippen molar-refractivity contribution in [3.63, 3.8) is 0 Å². The molecule has 0 atom stereocenters. The number of benzene rings is 2. The number of hydrogen-bond donors (Lipinski definition) is 2. The van der Waals surface area contributed by atoms with Gasteiger partial charge in [-0.3, -0.25) is 0 Å². The zero-order valence-corrected chi connectivity index (χ0v) is 10.7. The first-order chi connectivity index (χ1) is 9.38. The molecule has 0 unspecified atom stereocenters. The Balaban J connectivity index is 2.41. The molecule has 3 N–H and O–H groups in total. The molecule has 0 spiro atoms. The zero-order chi connectivity index (χ0) is 14.9. The summed E-state index contributed by atoms with van der Waals surface area (Å²) in [7, 11) is 0. The highest BCUT2D eigenvalue weighted by Crippen LogP contribution is 2.26. The van der Waals surface area contributed by atoms with Gasteiger partial charge in [-0.1, -0.05) is 12.2 Å². The number of nitrogens with two attached hydrogens (primary N) is 1. The lowest BCUT2D eigenvalue weighted by Crippen LogP contribution is -2.11. The fourth-order valence-electron chi connectivity index (χ4n) is 1.56. The maximum atomic E-state index is 13.8. The molecule has 2 nitrogen and oxygen atoms in total. The highest BCUT2D eigenvalue weighted by molar-refractivity contribution is 7.80. The molecule has 0 bridgehead atoms. The second kappa shape index (κ2) is 5.46. The van der Waals surface area contributed by atoms with Crippen molar-refractivity contribution in [1.29, 1.82) is 0 Å². The Morgan fingerprint density at radius 1 is 0.950 bits per heavy atom. The van der Waals surface area contributed by atoms with Gasteiger partial charge in [0.25, 0.3) is 0 Å². The third-order valence-electron chi connectivity index (χ3n) is 2.52. The number of anilines is 2. The van der Waals surface area contributed by atoms with E-state index in [1.807, 2.05) is 0 Å². The quantitative estimate of drug-likeness (QED) is 0.671. The highest BCUT2D eigenvalue weighted by atomic mass is 32.1. The summed E-state index contributed by atoms with van der Waals surface area (Å²) in [6, 6.07) is 4.45. The van der Waals surface area contributed by atoms with E-state index in [0.717, 1.165) is 24.3 Å². The van der Waals surface area contributed by atoms with Crippen molar-refractivity contribution in [2.75, 3.05) is 5.32 Å². The molecule has 7 heteroatoms. The summed E-state index contributed by atoms with van der Waals surface area (Å²) < 4.78 is 53.7. The van der Waals surface area contributed by atoms with Crippen molar-refractivity contribution in [3.05, 3.63) is 59.2 Å². The maximum absolute atomic E-state index is 13.8. The molecule has 0 saturated carbocycles. The lowest BCUT2D eigenvalue weighted by Gasteiger charge is -2.11. The van der Waals surface area contributed by atoms with E-state index in [9.17, 15) is 17.6 Å². The van der Waals surface area contributed by atoms with E-state index in [0.29, 0.717) is 6.07 Å². The van der Waals surface area contributed by atoms with Gasteiger partial charge in [-0.15, -0.1) is 0 Å². The molecule has 104 valence electrons. The van der Waals surface area contributed by atoms with E-state index in [1.54, 1.807) is 0 Å². The molecule has 0 fully saturated rings. The lowest BCUT2D eigenvalue weighted by atomic mass is 10.1. The number of nitrogens with one attached hydrogen (secondary N) is 1. The average Bonchev–Trinajstić information content (AvgIpc) is 2.35. The summed E-state index contributed by atoms with van der Waals surface area (Å²) >= 11 is 4.61. The van der Waals surface area contributed by atoms with Crippen LogP contribution in [0.3, 0.4) is 0 Å². The van der Waals surface area contributed by atoms with E-state index in [-0.39, 0.29) is 16.2 Å². The van der Waals surface area contributed by atoms with Gasteiger partial charge in [-0.25, -0.2) is 17.6 Å². The third-order valence-corrected chi connectivity index (χ3v) is 2.75. The Morgan fingerprint density at radius 3 is 2.05 bits per heavy atom. The first-order valence-corrected chi connectivity index (χ1v) is 5.80. The first-order valence-electron chi connectivity index (χ1n) is 5.39. The minimum Gasteiger partial charge on any atom is -0.389 e. The second-order valence-corrected chi connectivity index (χ2v) is 4.37. The lowest BCUT2D eigenvalue weighted by molar-refractivity contribution is 0.581. The molecule has 0 saturated heterocycles. The van der Waals surface area contributed by atoms with Crippen LogP contribution in [-0.4, -0.2) is 4.99 Å². The van der Waals surface area contributed by atoms with Crippen LogP contribution in [0.4, 0.5) is 28.9 Å². The molecule has 0 heterocycles. The van der Waals surface area contributed by atoms with Gasteiger partial charge in [0.1, 0.15) is 33.9 Å². The van der Waals surface area contributed by atoms with E-state index in [2.05, 4.69) is 17.5 Å². The fourth-order valence-corrected chi connectivity index (χ4v) is 1.68. The molecular weight excluding hydrogens is 292 g/mol. The average molecular weight is 300 g/mol. The Hall–Kier alpha value is -2.15. The van der Waals surface area contributed by atoms with Crippen LogP contribution in [0.15, 0.2) is 30.3 Å². The van der Waals surface area contributed by atoms with Crippen molar-refractivity contribution in [1.82, 2.24) is 0 Å². The molecule has 0 amide bonds. The van der Waals surface area contributed by atoms with Crippen molar-refractivity contribution < 1.29 is 17.6 Å². The molecule has 2 aromatic carbocycles. The molecular formula is C13H8F4N2S. The molecule has 0 aliphatic rings. The molecule has 0 aliphatic heterocycles. The Morgan fingerprint density at radius 2 is 1.55 bits per heavy atom. The van der Waals surface area contributed by atoms with Crippen LogP contribution in [0.2, 0.25) is 0 Å². The Kier molecular flexibility index (Phi) is 3.89. The van der Waals surface area contributed by atoms with E-state index in [4.69, 9.17) is 5.73 Å². The van der Waals surface area contributed by atoms with Gasteiger partial charge in [0, 0.05) is 11.6 Å². The van der Waals surface area contributed by atoms with Crippen molar-refractivity contribution >= 4 is 28.6 Å². The van der Waals surface area contributed by atoms with Crippen LogP contribution >= 0.6 is 12.2 Å². The topological polar surface area (TPSA) is 38.0 Å². The minimum absolute atomic E-state index is 0.0140. The van der Waals surface area contributed by atoms with Gasteiger partial charge in [-0.05, 0) is 24.3 Å². The third kappa shape index (κ3) is 2.88. The van der Waals surface area contributed by atoms with Gasteiger partial charge in [0.2, 0.25) is 0 Å². The number of thiocarbonyl (C=S) groups is 1. The van der Waals surface area contributed by atoms with Crippen LogP contribution in [0.5, 0.6) is 0 Å². The summed E-state index contributed by atoms with van der Waals surface area (Å²) in [4.78, 5) is -0.165. The normalized spacial score (nSPS) is 10.4. The van der Waals surface area contributed by atoms with Gasteiger partial charge in [-0.2, -0.15) is 0 Å². The standard InChI is InChI=1S/C13H8F4N2S/c14-7-1-2-11(8(15)5-7)19-12-9(16)3-6(13(18)20)4-10(12)17/h1-5,19H,(H2,18,20). The van der Waals surface area contributed by atoms with Crippen LogP contribution in [0.25, 0.3) is 0 Å². The maximum Gasteiger partial charge on any atom is 0.150 e. The summed E-state index contributed by atoms with van der Waals surface area (Å²) in [5.41, 5.74) is 4.45. The smallest absolute Gasteiger partial charge is 0.150 e. The van der Waals surface area contributed by atoms with Gasteiger partial charge < -0.3 is 11.1 Å². The molecule has 2 aromatic rings. The van der Waals surface area contributed by atoms with Crippen LogP contribution in [0.1, 0.15) is 5.56 Å². The highest BCUT2D eigenvalue weighted by Gasteiger charge is 2.14. The molecule has 0 radical (unpaired) electrons.